The first-order chi connectivity index (χ1) is 31.6. The van der Waals surface area contributed by atoms with Crippen LogP contribution in [-0.2, 0) is 30.3 Å². The van der Waals surface area contributed by atoms with Crippen molar-refractivity contribution >= 4 is 40.3 Å². The number of rotatable bonds is 6. The lowest BCUT2D eigenvalue weighted by Crippen LogP contribution is -2.54. The number of phenols is 3. The Balaban J connectivity index is 1.49. The summed E-state index contributed by atoms with van der Waals surface area (Å²) in [6.07, 6.45) is 4.88. The highest BCUT2D eigenvalue weighted by Crippen LogP contribution is 2.55. The number of esters is 1. The lowest BCUT2D eigenvalue weighted by molar-refractivity contribution is -0.160. The van der Waals surface area contributed by atoms with E-state index in [0.717, 1.165) is 6.54 Å². The van der Waals surface area contributed by atoms with Gasteiger partial charge in [0.05, 0.1) is 65.1 Å². The van der Waals surface area contributed by atoms with Crippen LogP contribution >= 0.6 is 0 Å². The van der Waals surface area contributed by atoms with Crippen LogP contribution in [0.1, 0.15) is 89.4 Å². The molecule has 5 bridgehead atoms. The molecule has 1 amide bonds. The molecule has 67 heavy (non-hydrogen) atoms. The fraction of sp³-hybridized carbons (Fsp3) is 0.490. The van der Waals surface area contributed by atoms with Crippen LogP contribution in [0.25, 0.3) is 10.8 Å². The SMILES string of the molecule is CO[C@@H]1C=CO[C@@]2(C)Oc3c(C)c(O)c4c(O)c(c(C=NN5[C@H](C)CN(Cc6ccccc6)C[C@@H]5C)c(O)c4c3C2=O)NC(=O)C(C)=CC=C[C@H](C)[C@H](O)[C@H](C)[C@H](O)[C@H](C)[C@H](OC(C)=O)[C@@H]1C. The van der Waals surface area contributed by atoms with E-state index >= 15 is 0 Å². The lowest BCUT2D eigenvalue weighted by atomic mass is 9.78. The number of methoxy groups -OCH3 is 1. The van der Waals surface area contributed by atoms with Crippen molar-refractivity contribution in [2.75, 3.05) is 25.5 Å². The Morgan fingerprint density at radius 1 is 0.910 bits per heavy atom. The number of ketones is 1. The van der Waals surface area contributed by atoms with E-state index in [-0.39, 0.29) is 56.6 Å². The van der Waals surface area contributed by atoms with Crippen molar-refractivity contribution in [1.82, 2.24) is 9.91 Å². The molecular formula is C51H66N4O12. The van der Waals surface area contributed by atoms with E-state index in [1.807, 2.05) is 37.1 Å². The van der Waals surface area contributed by atoms with E-state index in [1.54, 1.807) is 39.8 Å². The number of fused-ring (bicyclic) bond motifs is 14. The number of hydrazone groups is 1. The number of anilines is 1. The Morgan fingerprint density at radius 2 is 1.57 bits per heavy atom. The van der Waals surface area contributed by atoms with E-state index in [4.69, 9.17) is 24.0 Å². The van der Waals surface area contributed by atoms with Crippen LogP contribution in [0.15, 0.2) is 71.6 Å². The van der Waals surface area contributed by atoms with Crippen LogP contribution in [0.5, 0.6) is 23.0 Å². The van der Waals surface area contributed by atoms with Gasteiger partial charge in [0.1, 0.15) is 23.4 Å². The normalized spacial score (nSPS) is 30.1. The molecule has 4 aliphatic rings. The van der Waals surface area contributed by atoms with Gasteiger partial charge in [-0.25, -0.2) is 0 Å². The highest BCUT2D eigenvalue weighted by molar-refractivity contribution is 6.23. The molecule has 3 aromatic rings. The largest absolute Gasteiger partial charge is 0.507 e. The van der Waals surface area contributed by atoms with Gasteiger partial charge in [-0.05, 0) is 39.3 Å². The first-order valence-electron chi connectivity index (χ1n) is 22.8. The minimum Gasteiger partial charge on any atom is -0.507 e. The zero-order chi connectivity index (χ0) is 49.2. The molecule has 1 fully saturated rings. The van der Waals surface area contributed by atoms with Crippen molar-refractivity contribution in [2.24, 2.45) is 28.8 Å². The number of allylic oxidation sites excluding steroid dienone is 2. The number of carbonyl (C=O) groups excluding carboxylic acids is 3. The molecule has 1 saturated heterocycles. The molecule has 0 radical (unpaired) electrons. The van der Waals surface area contributed by atoms with Crippen molar-refractivity contribution < 1.29 is 58.9 Å². The number of ether oxygens (including phenoxy) is 4. The predicted molar refractivity (Wildman–Crippen MR) is 254 cm³/mol. The summed E-state index contributed by atoms with van der Waals surface area (Å²) in [5, 5.41) is 68.1. The molecule has 0 spiro atoms. The summed E-state index contributed by atoms with van der Waals surface area (Å²) >= 11 is 0. The maximum atomic E-state index is 14.6. The average molecular weight is 927 g/mol. The Kier molecular flexibility index (Phi) is 15.5. The number of Topliss-reactive ketones (excluding diaryl/α,β-unsaturated/α-hetero) is 1. The molecule has 4 aliphatic heterocycles. The van der Waals surface area contributed by atoms with Crippen molar-refractivity contribution in [3.05, 3.63) is 88.7 Å². The monoisotopic (exact) mass is 926 g/mol. The van der Waals surface area contributed by atoms with Gasteiger partial charge in [-0.3, -0.25) is 24.3 Å². The summed E-state index contributed by atoms with van der Waals surface area (Å²) in [7, 11) is 1.44. The minimum absolute atomic E-state index is 0.0500. The topological polar surface area (TPSA) is 220 Å². The molecule has 16 nitrogen and oxygen atoms in total. The number of aromatic hydroxyl groups is 3. The Labute approximate surface area is 392 Å². The van der Waals surface area contributed by atoms with Crippen molar-refractivity contribution in [3.8, 4) is 23.0 Å². The fourth-order valence-electron chi connectivity index (χ4n) is 9.62. The number of nitrogens with one attached hydrogen (secondary N) is 1. The first kappa shape index (κ1) is 50.5. The Morgan fingerprint density at radius 3 is 2.19 bits per heavy atom. The third-order valence-corrected chi connectivity index (χ3v) is 13.6. The maximum absolute atomic E-state index is 14.6. The minimum atomic E-state index is -2.07. The number of piperazine rings is 1. The van der Waals surface area contributed by atoms with Gasteiger partial charge < -0.3 is 49.8 Å². The molecule has 0 aliphatic carbocycles. The smallest absolute Gasteiger partial charge is 0.312 e. The maximum Gasteiger partial charge on any atom is 0.312 e. The van der Waals surface area contributed by atoms with Gasteiger partial charge in [0, 0.05) is 80.8 Å². The highest BCUT2D eigenvalue weighted by Gasteiger charge is 2.50. The summed E-state index contributed by atoms with van der Waals surface area (Å²) < 4.78 is 23.8. The van der Waals surface area contributed by atoms with E-state index in [1.165, 1.54) is 65.0 Å². The Bertz CT molecular complexity index is 2460. The van der Waals surface area contributed by atoms with Gasteiger partial charge in [-0.1, -0.05) is 76.3 Å². The second kappa shape index (κ2) is 20.5. The quantitative estimate of drug-likeness (QED) is 0.0658. The van der Waals surface area contributed by atoms with E-state index in [9.17, 15) is 39.9 Å². The number of phenolic OH excluding ortho intramolecular Hbond substituents is 3. The first-order valence-corrected chi connectivity index (χ1v) is 22.8. The summed E-state index contributed by atoms with van der Waals surface area (Å²) in [5.74, 6) is -8.46. The predicted octanol–water partition coefficient (Wildman–Crippen LogP) is 6.68. The third-order valence-electron chi connectivity index (χ3n) is 13.6. The molecule has 0 aromatic heterocycles. The van der Waals surface area contributed by atoms with Gasteiger partial charge in [-0.2, -0.15) is 5.10 Å². The fourth-order valence-corrected chi connectivity index (χ4v) is 9.62. The van der Waals surface area contributed by atoms with E-state index in [0.29, 0.717) is 13.1 Å². The van der Waals surface area contributed by atoms with E-state index < -0.39 is 88.8 Å². The van der Waals surface area contributed by atoms with Crippen molar-refractivity contribution in [1.29, 1.82) is 0 Å². The molecule has 7 rings (SSSR count). The second-order valence-electron chi connectivity index (χ2n) is 18.6. The number of hydrogen-bond acceptors (Lipinski definition) is 15. The molecule has 0 saturated carbocycles. The highest BCUT2D eigenvalue weighted by atomic mass is 16.7. The molecule has 16 heteroatoms. The standard InChI is InChI=1S/C51H66N4O12/c1-26-16-15-17-27(2)50(63)53-41-36(22-52-55-28(3)23-54(24-29(55)4)25-35-18-13-12-14-19-35)45(60)38-39(46(41)61)44(59)33(8)48-40(38)49(62)51(10,67-48)65-21-20-37(64-11)30(5)47(66-34(9)56)32(7)43(58)31(6)42(26)57/h12-22,26,28-32,37,42-43,47,57-61H,23-25H2,1-11H3,(H,53,63)/t26-,28-,29+,30+,31-,32-,37+,42-,43-,47+,51-/m0/s1. The zero-order valence-corrected chi connectivity index (χ0v) is 40.2. The number of aliphatic hydroxyl groups excluding tert-OH is 2. The number of nitrogens with zero attached hydrogens (tertiary/aromatic N) is 3. The molecule has 11 atom stereocenters. The van der Waals surface area contributed by atoms with Crippen LogP contribution in [0, 0.1) is 30.6 Å². The number of benzene rings is 3. The number of amides is 1. The Hall–Kier alpha value is -5.94. The molecular weight excluding hydrogens is 861 g/mol. The van der Waals surface area contributed by atoms with Gasteiger partial charge in [0.2, 0.25) is 0 Å². The van der Waals surface area contributed by atoms with Gasteiger partial charge >= 0.3 is 11.8 Å². The summed E-state index contributed by atoms with van der Waals surface area (Å²) in [5.41, 5.74) is 0.785. The van der Waals surface area contributed by atoms with E-state index in [2.05, 4.69) is 22.3 Å². The zero-order valence-electron chi connectivity index (χ0n) is 40.2. The molecule has 4 heterocycles. The summed E-state index contributed by atoms with van der Waals surface area (Å²) in [4.78, 5) is 43.4. The van der Waals surface area contributed by atoms with Crippen LogP contribution in [0.4, 0.5) is 5.69 Å². The van der Waals surface area contributed by atoms with Crippen molar-refractivity contribution in [3.63, 3.8) is 0 Å². The number of carbonyl (C=O) groups is 3. The number of hydrogen-bond donors (Lipinski definition) is 6. The van der Waals surface area contributed by atoms with Gasteiger partial charge in [0.25, 0.3) is 11.7 Å². The van der Waals surface area contributed by atoms with Gasteiger partial charge in [-0.15, -0.1) is 0 Å². The van der Waals surface area contributed by atoms with Crippen LogP contribution in [0.2, 0.25) is 0 Å². The number of aliphatic hydroxyl groups is 2. The van der Waals surface area contributed by atoms with Crippen molar-refractivity contribution in [2.45, 2.75) is 118 Å². The second-order valence-corrected chi connectivity index (χ2v) is 18.6. The summed E-state index contributed by atoms with van der Waals surface area (Å²) in [6.45, 7) is 18.7. The molecule has 0 unspecified atom stereocenters. The lowest BCUT2D eigenvalue weighted by Gasteiger charge is -2.42. The van der Waals surface area contributed by atoms with Crippen LogP contribution < -0.4 is 10.1 Å². The molecule has 362 valence electrons. The van der Waals surface area contributed by atoms with Gasteiger partial charge in [0.15, 0.2) is 5.75 Å². The molecule has 3 aromatic carbocycles. The van der Waals surface area contributed by atoms with Crippen LogP contribution in [0.3, 0.4) is 0 Å². The average Bonchev–Trinajstić information content (AvgIpc) is 3.55. The van der Waals surface area contributed by atoms with Crippen LogP contribution in [-0.4, -0.2) is 122 Å². The summed E-state index contributed by atoms with van der Waals surface area (Å²) in [6, 6.07) is 9.93. The molecule has 6 N–H and O–H groups in total. The third kappa shape index (κ3) is 10.2.